The standard InChI is InChI=1S/C21H13F3N6O2.C5H11N.C2H6/c22-15-8-17-16(7-14(15)11-3-5-25-6-4-11)27-21(31)30(17)10-13-2-1-12(9-26-13)19-28-29-20(32-19)18(23)24;1-2-4-6-5-3-1;1-2/h1-9,18H,10H2,(H,27,31);6H,1-5H2;1-2H3. The van der Waals surface area contributed by atoms with Crippen molar-refractivity contribution in [2.75, 3.05) is 13.1 Å². The van der Waals surface area contributed by atoms with Gasteiger partial charge in [-0.05, 0) is 61.8 Å². The molecule has 6 rings (SSSR count). The van der Waals surface area contributed by atoms with Crippen LogP contribution in [0.3, 0.4) is 0 Å². The van der Waals surface area contributed by atoms with Crippen LogP contribution >= 0.6 is 0 Å². The van der Waals surface area contributed by atoms with Crippen molar-refractivity contribution in [2.24, 2.45) is 0 Å². The first-order chi connectivity index (χ1) is 19.5. The highest BCUT2D eigenvalue weighted by Gasteiger charge is 2.18. The normalized spacial score (nSPS) is 12.9. The number of nitrogens with one attached hydrogen (secondary N) is 2. The number of pyridine rings is 2. The zero-order chi connectivity index (χ0) is 28.5. The van der Waals surface area contributed by atoms with Gasteiger partial charge in [-0.25, -0.2) is 9.18 Å². The summed E-state index contributed by atoms with van der Waals surface area (Å²) in [6.07, 6.45) is 5.85. The van der Waals surface area contributed by atoms with Crippen LogP contribution in [0.25, 0.3) is 33.6 Å². The minimum absolute atomic E-state index is 0.0687. The van der Waals surface area contributed by atoms with Gasteiger partial charge in [0.1, 0.15) is 5.82 Å². The molecule has 12 heteroatoms. The van der Waals surface area contributed by atoms with Crippen LogP contribution in [0.1, 0.15) is 51.1 Å². The molecular weight excluding hydrogens is 523 g/mol. The molecule has 0 saturated carbocycles. The van der Waals surface area contributed by atoms with Gasteiger partial charge < -0.3 is 14.7 Å². The predicted molar refractivity (Wildman–Crippen MR) is 145 cm³/mol. The van der Waals surface area contributed by atoms with E-state index in [-0.39, 0.29) is 12.4 Å². The molecule has 210 valence electrons. The lowest BCUT2D eigenvalue weighted by atomic mass is 10.1. The number of imidazole rings is 1. The molecule has 0 radical (unpaired) electrons. The maximum absolute atomic E-state index is 14.8. The van der Waals surface area contributed by atoms with Crippen LogP contribution in [0, 0.1) is 5.82 Å². The summed E-state index contributed by atoms with van der Waals surface area (Å²) < 4.78 is 46.3. The van der Waals surface area contributed by atoms with Crippen molar-refractivity contribution < 1.29 is 17.6 Å². The van der Waals surface area contributed by atoms with E-state index in [1.165, 1.54) is 49.2 Å². The van der Waals surface area contributed by atoms with Crippen LogP contribution in [-0.4, -0.2) is 42.8 Å². The maximum Gasteiger partial charge on any atom is 0.326 e. The third-order valence-corrected chi connectivity index (χ3v) is 6.08. The number of H-pyrrole nitrogens is 1. The Morgan fingerprint density at radius 3 is 2.33 bits per heavy atom. The van der Waals surface area contributed by atoms with E-state index in [1.54, 1.807) is 42.7 Å². The van der Waals surface area contributed by atoms with Crippen LogP contribution in [0.4, 0.5) is 13.2 Å². The van der Waals surface area contributed by atoms with Crippen LogP contribution < -0.4 is 11.0 Å². The van der Waals surface area contributed by atoms with Crippen molar-refractivity contribution >= 4 is 11.0 Å². The van der Waals surface area contributed by atoms with Crippen molar-refractivity contribution in [2.45, 2.75) is 46.1 Å². The first kappa shape index (κ1) is 28.7. The molecule has 5 heterocycles. The quantitative estimate of drug-likeness (QED) is 0.285. The van der Waals surface area contributed by atoms with E-state index in [2.05, 4.69) is 30.5 Å². The lowest BCUT2D eigenvalue weighted by Gasteiger charge is -2.08. The highest BCUT2D eigenvalue weighted by Crippen LogP contribution is 2.27. The molecule has 0 atom stereocenters. The van der Waals surface area contributed by atoms with Crippen LogP contribution in [0.5, 0.6) is 0 Å². The van der Waals surface area contributed by atoms with Gasteiger partial charge in [-0.3, -0.25) is 14.5 Å². The Hall–Kier alpha value is -4.32. The monoisotopic (exact) mass is 553 g/mol. The van der Waals surface area contributed by atoms with Crippen molar-refractivity contribution in [1.82, 2.24) is 35.0 Å². The van der Waals surface area contributed by atoms with Gasteiger partial charge in [0, 0.05) is 30.2 Å². The molecule has 0 amide bonds. The summed E-state index contributed by atoms with van der Waals surface area (Å²) in [6, 6.07) is 9.38. The number of hydrogen-bond donors (Lipinski definition) is 2. The number of nitrogens with zero attached hydrogens (tertiary/aromatic N) is 5. The third-order valence-electron chi connectivity index (χ3n) is 6.08. The number of piperidine rings is 1. The summed E-state index contributed by atoms with van der Waals surface area (Å²) >= 11 is 0. The first-order valence-electron chi connectivity index (χ1n) is 13.1. The molecule has 1 aromatic carbocycles. The Labute approximate surface area is 228 Å². The summed E-state index contributed by atoms with van der Waals surface area (Å²) in [4.78, 5) is 23.4. The Bertz CT molecular complexity index is 1550. The lowest BCUT2D eigenvalue weighted by Crippen LogP contribution is -2.21. The Kier molecular flexibility index (Phi) is 9.79. The van der Waals surface area contributed by atoms with Gasteiger partial charge in [0.25, 0.3) is 5.89 Å². The van der Waals surface area contributed by atoms with Gasteiger partial charge in [0.15, 0.2) is 0 Å². The summed E-state index contributed by atoms with van der Waals surface area (Å²) in [5.74, 6) is -1.34. The zero-order valence-electron chi connectivity index (χ0n) is 22.2. The van der Waals surface area contributed by atoms with E-state index in [0.29, 0.717) is 33.4 Å². The first-order valence-corrected chi connectivity index (χ1v) is 13.1. The Balaban J connectivity index is 0.000000404. The second-order valence-corrected chi connectivity index (χ2v) is 8.70. The molecule has 40 heavy (non-hydrogen) atoms. The number of alkyl halides is 2. The summed E-state index contributed by atoms with van der Waals surface area (Å²) in [6.45, 7) is 6.57. The second-order valence-electron chi connectivity index (χ2n) is 8.70. The third kappa shape index (κ3) is 6.81. The summed E-state index contributed by atoms with van der Waals surface area (Å²) in [5.41, 5.74) is 2.27. The highest BCUT2D eigenvalue weighted by atomic mass is 19.3. The molecule has 0 spiro atoms. The van der Waals surface area contributed by atoms with Gasteiger partial charge in [-0.1, -0.05) is 20.3 Å². The van der Waals surface area contributed by atoms with Crippen molar-refractivity contribution in [1.29, 1.82) is 0 Å². The SMILES string of the molecule is C1CCNCC1.CC.O=c1[nH]c2cc(-c3ccncc3)c(F)cc2n1Cc1ccc(-c2nnc(C(F)F)o2)cn1. The highest BCUT2D eigenvalue weighted by molar-refractivity contribution is 5.82. The van der Waals surface area contributed by atoms with Crippen molar-refractivity contribution in [3.8, 4) is 22.6 Å². The van der Waals surface area contributed by atoms with Crippen molar-refractivity contribution in [3.05, 3.63) is 82.9 Å². The number of fused-ring (bicyclic) bond motifs is 1. The average molecular weight is 554 g/mol. The summed E-state index contributed by atoms with van der Waals surface area (Å²) in [7, 11) is 0. The molecule has 1 fully saturated rings. The molecule has 1 aliphatic heterocycles. The molecule has 1 saturated heterocycles. The number of halogens is 3. The number of benzene rings is 1. The van der Waals surface area contributed by atoms with Crippen LogP contribution in [0.2, 0.25) is 0 Å². The van der Waals surface area contributed by atoms with Gasteiger partial charge in [0.2, 0.25) is 5.89 Å². The summed E-state index contributed by atoms with van der Waals surface area (Å²) in [5, 5.41) is 10.1. The fourth-order valence-electron chi connectivity index (χ4n) is 4.14. The minimum Gasteiger partial charge on any atom is -0.415 e. The Morgan fingerprint density at radius 2 is 1.75 bits per heavy atom. The van der Waals surface area contributed by atoms with E-state index < -0.39 is 23.8 Å². The zero-order valence-corrected chi connectivity index (χ0v) is 22.2. The molecule has 0 unspecified atom stereocenters. The molecule has 0 bridgehead atoms. The van der Waals surface area contributed by atoms with Crippen molar-refractivity contribution in [3.63, 3.8) is 0 Å². The molecule has 5 aromatic rings. The molecule has 9 nitrogen and oxygen atoms in total. The van der Waals surface area contributed by atoms with E-state index in [4.69, 9.17) is 4.42 Å². The molecule has 1 aliphatic rings. The predicted octanol–water partition coefficient (Wildman–Crippen LogP) is 5.75. The average Bonchev–Trinajstić information content (AvgIpc) is 3.61. The number of aromatic amines is 1. The van der Waals surface area contributed by atoms with E-state index in [9.17, 15) is 18.0 Å². The smallest absolute Gasteiger partial charge is 0.326 e. The Morgan fingerprint density at radius 1 is 1.00 bits per heavy atom. The van der Waals surface area contributed by atoms with Gasteiger partial charge in [0.05, 0.1) is 28.8 Å². The maximum atomic E-state index is 14.8. The fraction of sp³-hybridized carbons (Fsp3) is 0.321. The van der Waals surface area contributed by atoms with Gasteiger partial charge in [-0.15, -0.1) is 10.2 Å². The van der Waals surface area contributed by atoms with E-state index >= 15 is 0 Å². The number of hydrogen-bond acceptors (Lipinski definition) is 7. The fourth-order valence-corrected chi connectivity index (χ4v) is 4.14. The van der Waals surface area contributed by atoms with E-state index in [1.807, 2.05) is 13.8 Å². The van der Waals surface area contributed by atoms with Crippen LogP contribution in [0.15, 0.2) is 64.2 Å². The number of aromatic nitrogens is 6. The van der Waals surface area contributed by atoms with Gasteiger partial charge in [-0.2, -0.15) is 8.78 Å². The topological polar surface area (TPSA) is 115 Å². The largest absolute Gasteiger partial charge is 0.415 e. The molecule has 2 N–H and O–H groups in total. The number of rotatable bonds is 5. The van der Waals surface area contributed by atoms with Crippen LogP contribution in [-0.2, 0) is 6.54 Å². The molecule has 4 aromatic heterocycles. The minimum atomic E-state index is -2.86. The molecule has 0 aliphatic carbocycles. The lowest BCUT2D eigenvalue weighted by molar-refractivity contribution is 0.116. The second kappa shape index (κ2) is 13.7. The molecular formula is C28H30F3N7O2. The van der Waals surface area contributed by atoms with E-state index in [0.717, 1.165) is 0 Å². The van der Waals surface area contributed by atoms with Gasteiger partial charge >= 0.3 is 12.1 Å².